The average molecular weight is 216 g/mol. The molecule has 5 nitrogen and oxygen atoms in total. The molecule has 0 aromatic carbocycles. The molecule has 82 valence electrons. The number of aromatic nitrogens is 3. The van der Waals surface area contributed by atoms with E-state index in [2.05, 4.69) is 15.2 Å². The normalized spacial score (nSPS) is 10.0. The molecular weight excluding hydrogens is 204 g/mol. The second kappa shape index (κ2) is 5.06. The van der Waals surface area contributed by atoms with Crippen molar-refractivity contribution in [2.75, 3.05) is 12.3 Å². The number of anilines is 1. The number of hydrogen-bond donors (Lipinski definition) is 1. The van der Waals surface area contributed by atoms with E-state index in [9.17, 15) is 0 Å². The Bertz CT molecular complexity index is 429. The van der Waals surface area contributed by atoms with Crippen LogP contribution < -0.4 is 10.5 Å². The molecule has 2 rings (SSSR count). The number of ether oxygens (including phenoxy) is 1. The molecule has 0 bridgehead atoms. The van der Waals surface area contributed by atoms with Crippen LogP contribution in [0.5, 0.6) is 5.88 Å². The first-order valence-corrected chi connectivity index (χ1v) is 4.96. The molecule has 16 heavy (non-hydrogen) atoms. The van der Waals surface area contributed by atoms with Gasteiger partial charge >= 0.3 is 0 Å². The minimum absolute atomic E-state index is 0.386. The molecule has 2 aromatic heterocycles. The minimum Gasteiger partial charge on any atom is -0.476 e. The largest absolute Gasteiger partial charge is 0.476 e. The van der Waals surface area contributed by atoms with Gasteiger partial charge in [-0.2, -0.15) is 0 Å². The summed E-state index contributed by atoms with van der Waals surface area (Å²) in [6.45, 7) is 0.523. The van der Waals surface area contributed by atoms with Crippen molar-refractivity contribution in [2.45, 2.75) is 6.42 Å². The molecule has 5 heteroatoms. The van der Waals surface area contributed by atoms with Crippen molar-refractivity contribution in [3.05, 3.63) is 42.2 Å². The summed E-state index contributed by atoms with van der Waals surface area (Å²) in [4.78, 5) is 4.19. The van der Waals surface area contributed by atoms with Gasteiger partial charge in [0.2, 0.25) is 5.88 Å². The first-order valence-electron chi connectivity index (χ1n) is 4.96. The van der Waals surface area contributed by atoms with Crippen molar-refractivity contribution in [1.82, 2.24) is 15.2 Å². The lowest BCUT2D eigenvalue weighted by atomic mass is 10.3. The summed E-state index contributed by atoms with van der Waals surface area (Å²) in [7, 11) is 0. The van der Waals surface area contributed by atoms with Crippen molar-refractivity contribution in [3.63, 3.8) is 0 Å². The second-order valence-electron chi connectivity index (χ2n) is 3.22. The molecule has 2 heterocycles. The van der Waals surface area contributed by atoms with E-state index in [1.165, 1.54) is 0 Å². The lowest BCUT2D eigenvalue weighted by Crippen LogP contribution is -2.04. The van der Waals surface area contributed by atoms with Gasteiger partial charge < -0.3 is 10.5 Å². The predicted molar refractivity (Wildman–Crippen MR) is 59.9 cm³/mol. The van der Waals surface area contributed by atoms with Gasteiger partial charge in [0.05, 0.1) is 6.61 Å². The van der Waals surface area contributed by atoms with E-state index in [1.54, 1.807) is 18.3 Å². The van der Waals surface area contributed by atoms with Gasteiger partial charge in [0.25, 0.3) is 0 Å². The van der Waals surface area contributed by atoms with Crippen LogP contribution in [0.25, 0.3) is 0 Å². The topological polar surface area (TPSA) is 73.9 Å². The Morgan fingerprint density at radius 2 is 2.06 bits per heavy atom. The molecule has 0 unspecified atom stereocenters. The van der Waals surface area contributed by atoms with E-state index in [-0.39, 0.29) is 0 Å². The zero-order valence-electron chi connectivity index (χ0n) is 8.71. The molecule has 0 aliphatic heterocycles. The minimum atomic E-state index is 0.386. The predicted octanol–water partition coefficient (Wildman–Crippen LogP) is 1.08. The maximum atomic E-state index is 5.41. The summed E-state index contributed by atoms with van der Waals surface area (Å²) in [6, 6.07) is 9.14. The van der Waals surface area contributed by atoms with Gasteiger partial charge in [-0.25, -0.2) is 0 Å². The van der Waals surface area contributed by atoms with Gasteiger partial charge in [0, 0.05) is 24.4 Å². The standard InChI is InChI=1S/C11H12N4O/c12-10-4-5-11(15-14-10)16-8-6-9-3-1-2-7-13-9/h1-5,7H,6,8H2,(H2,12,14). The fourth-order valence-corrected chi connectivity index (χ4v) is 1.21. The van der Waals surface area contributed by atoms with E-state index in [0.717, 1.165) is 12.1 Å². The van der Waals surface area contributed by atoms with Crippen molar-refractivity contribution >= 4 is 5.82 Å². The van der Waals surface area contributed by atoms with E-state index in [4.69, 9.17) is 10.5 Å². The highest BCUT2D eigenvalue weighted by Crippen LogP contribution is 2.06. The van der Waals surface area contributed by atoms with Crippen LogP contribution in [-0.4, -0.2) is 21.8 Å². The lowest BCUT2D eigenvalue weighted by molar-refractivity contribution is 0.304. The quantitative estimate of drug-likeness (QED) is 0.827. The van der Waals surface area contributed by atoms with Crippen LogP contribution in [0.4, 0.5) is 5.82 Å². The Balaban J connectivity index is 1.82. The lowest BCUT2D eigenvalue weighted by Gasteiger charge is -2.03. The zero-order valence-corrected chi connectivity index (χ0v) is 8.71. The number of nitrogens with zero attached hydrogens (tertiary/aromatic N) is 3. The maximum Gasteiger partial charge on any atom is 0.233 e. The third-order valence-electron chi connectivity index (χ3n) is 1.99. The Morgan fingerprint density at radius 1 is 1.12 bits per heavy atom. The highest BCUT2D eigenvalue weighted by atomic mass is 16.5. The molecule has 0 radical (unpaired) electrons. The Morgan fingerprint density at radius 3 is 2.75 bits per heavy atom. The van der Waals surface area contributed by atoms with Gasteiger partial charge in [-0.05, 0) is 18.2 Å². The third kappa shape index (κ3) is 2.91. The van der Waals surface area contributed by atoms with Crippen LogP contribution in [0.2, 0.25) is 0 Å². The molecule has 0 atom stereocenters. The van der Waals surface area contributed by atoms with E-state index in [1.807, 2.05) is 18.2 Å². The van der Waals surface area contributed by atoms with Crippen LogP contribution in [0, 0.1) is 0 Å². The van der Waals surface area contributed by atoms with Crippen molar-refractivity contribution < 1.29 is 4.74 Å². The van der Waals surface area contributed by atoms with Gasteiger partial charge in [-0.3, -0.25) is 4.98 Å². The molecule has 0 amide bonds. The van der Waals surface area contributed by atoms with E-state index in [0.29, 0.717) is 18.3 Å². The summed E-state index contributed by atoms with van der Waals surface area (Å²) < 4.78 is 5.40. The van der Waals surface area contributed by atoms with Gasteiger partial charge in [0.1, 0.15) is 5.82 Å². The van der Waals surface area contributed by atoms with Crippen LogP contribution in [-0.2, 0) is 6.42 Å². The van der Waals surface area contributed by atoms with Gasteiger partial charge in [0.15, 0.2) is 0 Å². The van der Waals surface area contributed by atoms with Crippen molar-refractivity contribution in [3.8, 4) is 5.88 Å². The monoisotopic (exact) mass is 216 g/mol. The zero-order chi connectivity index (χ0) is 11.2. The first kappa shape index (κ1) is 10.4. The molecule has 0 saturated heterocycles. The highest BCUT2D eigenvalue weighted by molar-refractivity contribution is 5.27. The fourth-order valence-electron chi connectivity index (χ4n) is 1.21. The number of rotatable bonds is 4. The molecule has 2 aromatic rings. The Labute approximate surface area is 93.3 Å². The van der Waals surface area contributed by atoms with Crippen molar-refractivity contribution in [1.29, 1.82) is 0 Å². The van der Waals surface area contributed by atoms with Crippen LogP contribution in [0.15, 0.2) is 36.5 Å². The fraction of sp³-hybridized carbons (Fsp3) is 0.182. The van der Waals surface area contributed by atoms with Crippen molar-refractivity contribution in [2.24, 2.45) is 0 Å². The van der Waals surface area contributed by atoms with Crippen LogP contribution in [0.3, 0.4) is 0 Å². The number of pyridine rings is 1. The van der Waals surface area contributed by atoms with Gasteiger partial charge in [-0.1, -0.05) is 6.07 Å². The number of nitrogens with two attached hydrogens (primary N) is 1. The summed E-state index contributed by atoms with van der Waals surface area (Å²) in [5.74, 6) is 0.863. The Kier molecular flexibility index (Phi) is 3.28. The maximum absolute atomic E-state index is 5.41. The molecule has 0 aliphatic carbocycles. The first-order chi connectivity index (χ1) is 7.84. The molecule has 0 fully saturated rings. The summed E-state index contributed by atoms with van der Waals surface area (Å²) in [5.41, 5.74) is 6.40. The van der Waals surface area contributed by atoms with Crippen LogP contribution in [0.1, 0.15) is 5.69 Å². The molecule has 0 saturated carbocycles. The SMILES string of the molecule is Nc1ccc(OCCc2ccccn2)nn1. The summed E-state index contributed by atoms with van der Waals surface area (Å²) in [5, 5.41) is 7.48. The third-order valence-corrected chi connectivity index (χ3v) is 1.99. The summed E-state index contributed by atoms with van der Waals surface area (Å²) >= 11 is 0. The number of hydrogen-bond acceptors (Lipinski definition) is 5. The molecule has 0 spiro atoms. The van der Waals surface area contributed by atoms with Gasteiger partial charge in [-0.15, -0.1) is 10.2 Å². The molecule has 0 aliphatic rings. The average Bonchev–Trinajstić information content (AvgIpc) is 2.33. The van der Waals surface area contributed by atoms with E-state index >= 15 is 0 Å². The highest BCUT2D eigenvalue weighted by Gasteiger charge is 1.97. The molecule has 2 N–H and O–H groups in total. The number of nitrogen functional groups attached to an aromatic ring is 1. The van der Waals surface area contributed by atoms with E-state index < -0.39 is 0 Å². The second-order valence-corrected chi connectivity index (χ2v) is 3.22. The smallest absolute Gasteiger partial charge is 0.233 e. The molecular formula is C11H12N4O. The van der Waals surface area contributed by atoms with Crippen LogP contribution >= 0.6 is 0 Å². The summed E-state index contributed by atoms with van der Waals surface area (Å²) in [6.07, 6.45) is 2.51. The Hall–Kier alpha value is -2.17.